The molecule has 2 aromatic rings. The number of aromatic nitrogens is 1. The fourth-order valence-corrected chi connectivity index (χ4v) is 5.88. The Morgan fingerprint density at radius 2 is 1.91 bits per heavy atom. The van der Waals surface area contributed by atoms with Crippen LogP contribution in [0.2, 0.25) is 5.15 Å². The highest BCUT2D eigenvalue weighted by Gasteiger charge is 2.39. The van der Waals surface area contributed by atoms with Crippen LogP contribution in [-0.4, -0.2) is 67.7 Å². The minimum absolute atomic E-state index is 0.119. The molecule has 32 heavy (non-hydrogen) atoms. The number of fused-ring (bicyclic) bond motifs is 1. The quantitative estimate of drug-likeness (QED) is 0.614. The third-order valence-corrected chi connectivity index (χ3v) is 7.52. The summed E-state index contributed by atoms with van der Waals surface area (Å²) >= 11 is 6.24. The van der Waals surface area contributed by atoms with Crippen LogP contribution in [0.4, 0.5) is 10.5 Å². The Balaban J connectivity index is 1.56. The van der Waals surface area contributed by atoms with Crippen LogP contribution in [0.15, 0.2) is 24.4 Å². The van der Waals surface area contributed by atoms with Crippen molar-refractivity contribution in [2.45, 2.75) is 45.3 Å². The molecule has 2 saturated heterocycles. The number of nitrogens with zero attached hydrogens (tertiary/aromatic N) is 3. The molecule has 0 unspecified atom stereocenters. The van der Waals surface area contributed by atoms with Crippen LogP contribution in [0.5, 0.6) is 0 Å². The van der Waals surface area contributed by atoms with E-state index in [1.165, 1.54) is 6.26 Å². The smallest absolute Gasteiger partial charge is 0.410 e. The molecule has 2 fully saturated rings. The molecule has 9 heteroatoms. The summed E-state index contributed by atoms with van der Waals surface area (Å²) < 4.78 is 28.9. The van der Waals surface area contributed by atoms with Gasteiger partial charge in [0.05, 0.1) is 5.75 Å². The number of sulfone groups is 1. The van der Waals surface area contributed by atoms with Crippen molar-refractivity contribution in [2.24, 2.45) is 5.92 Å². The maximum Gasteiger partial charge on any atom is 0.410 e. The van der Waals surface area contributed by atoms with Crippen LogP contribution >= 0.6 is 11.6 Å². The number of halogens is 1. The average molecular weight is 480 g/mol. The number of rotatable bonds is 4. The predicted octanol–water partition coefficient (Wildman–Crippen LogP) is 4.09. The molecule has 0 saturated carbocycles. The number of pyridine rings is 1. The first kappa shape index (κ1) is 23.1. The Hall–Kier alpha value is -2.06. The molecule has 1 amide bonds. The van der Waals surface area contributed by atoms with E-state index in [2.05, 4.69) is 28.9 Å². The monoisotopic (exact) mass is 479 g/mol. The van der Waals surface area contributed by atoms with Crippen molar-refractivity contribution in [1.29, 1.82) is 0 Å². The summed E-state index contributed by atoms with van der Waals surface area (Å²) in [5.74, 6) is 0.520. The van der Waals surface area contributed by atoms with Gasteiger partial charge in [0.1, 0.15) is 20.6 Å². The predicted molar refractivity (Wildman–Crippen MR) is 127 cm³/mol. The van der Waals surface area contributed by atoms with E-state index in [1.807, 2.05) is 26.8 Å². The fraction of sp³-hybridized carbons (Fsp3) is 0.565. The van der Waals surface area contributed by atoms with E-state index in [0.29, 0.717) is 24.8 Å². The van der Waals surface area contributed by atoms with Gasteiger partial charge in [0, 0.05) is 61.0 Å². The van der Waals surface area contributed by atoms with Crippen LogP contribution in [0.3, 0.4) is 0 Å². The number of ether oxygens (including phenoxy) is 1. The van der Waals surface area contributed by atoms with Crippen molar-refractivity contribution in [3.8, 4) is 0 Å². The zero-order valence-corrected chi connectivity index (χ0v) is 20.7. The second-order valence-corrected chi connectivity index (χ2v) is 12.6. The van der Waals surface area contributed by atoms with E-state index in [1.54, 1.807) is 11.1 Å². The largest absolute Gasteiger partial charge is 0.444 e. The topological polar surface area (TPSA) is 79.8 Å². The number of amides is 1. The number of anilines is 1. The molecule has 1 aromatic carbocycles. The van der Waals surface area contributed by atoms with Gasteiger partial charge in [-0.1, -0.05) is 17.7 Å². The molecule has 7 nitrogen and oxygen atoms in total. The van der Waals surface area contributed by atoms with Crippen molar-refractivity contribution >= 4 is 44.0 Å². The number of hydrogen-bond acceptors (Lipinski definition) is 6. The third-order valence-electron chi connectivity index (χ3n) is 6.28. The van der Waals surface area contributed by atoms with Gasteiger partial charge < -0.3 is 14.5 Å². The molecule has 0 bridgehead atoms. The zero-order valence-electron chi connectivity index (χ0n) is 19.1. The Bertz CT molecular complexity index is 1160. The normalized spacial score (nSPS) is 21.9. The molecule has 2 atom stereocenters. The van der Waals surface area contributed by atoms with Crippen LogP contribution in [0.1, 0.15) is 39.2 Å². The second kappa shape index (κ2) is 8.06. The number of likely N-dealkylation sites (tertiary alicyclic amines) is 1. The lowest BCUT2D eigenvalue weighted by Crippen LogP contribution is -2.57. The maximum absolute atomic E-state index is 12.3. The van der Waals surface area contributed by atoms with E-state index in [0.717, 1.165) is 22.0 Å². The van der Waals surface area contributed by atoms with Crippen LogP contribution in [0.25, 0.3) is 10.8 Å². The standard InChI is InChI=1S/C23H30ClN3O4S/c1-14-16(13-32(5,29)30)12-27(14)20-7-6-17(18-8-21(24)25-9-19(18)20)15-10-26(11-15)22(28)31-23(2,3)4/h6-9,14-16H,10-13H2,1-5H3/t14-,16-/m1/s1. The maximum atomic E-state index is 12.3. The molecule has 2 aliphatic rings. The molecule has 0 aliphatic carbocycles. The lowest BCUT2D eigenvalue weighted by Gasteiger charge is -2.48. The summed E-state index contributed by atoms with van der Waals surface area (Å²) in [6.07, 6.45) is 2.79. The first-order valence-corrected chi connectivity index (χ1v) is 13.3. The van der Waals surface area contributed by atoms with Crippen molar-refractivity contribution < 1.29 is 17.9 Å². The second-order valence-electron chi connectivity index (χ2n) is 10.1. The van der Waals surface area contributed by atoms with E-state index in [9.17, 15) is 13.2 Å². The Morgan fingerprint density at radius 1 is 1.22 bits per heavy atom. The van der Waals surface area contributed by atoms with Crippen molar-refractivity contribution in [3.05, 3.63) is 35.1 Å². The Labute approximate surface area is 194 Å². The van der Waals surface area contributed by atoms with Gasteiger partial charge in [-0.2, -0.15) is 0 Å². The molecule has 0 N–H and O–H groups in total. The minimum atomic E-state index is -3.01. The highest BCUT2D eigenvalue weighted by molar-refractivity contribution is 7.90. The molecule has 3 heterocycles. The fourth-order valence-electron chi connectivity index (χ4n) is 4.56. The van der Waals surface area contributed by atoms with Gasteiger partial charge in [0.2, 0.25) is 0 Å². The lowest BCUT2D eigenvalue weighted by atomic mass is 9.86. The SMILES string of the molecule is C[C@@H]1[C@@H](CS(C)(=O)=O)CN1c1ccc(C2CN(C(=O)OC(C)(C)C)C2)c2cc(Cl)ncc12. The zero-order chi connectivity index (χ0) is 23.4. The Morgan fingerprint density at radius 3 is 2.50 bits per heavy atom. The highest BCUT2D eigenvalue weighted by Crippen LogP contribution is 2.41. The summed E-state index contributed by atoms with van der Waals surface area (Å²) in [6, 6.07) is 6.18. The summed E-state index contributed by atoms with van der Waals surface area (Å²) in [5.41, 5.74) is 1.65. The number of carbonyl (C=O) groups excluding carboxylic acids is 1. The molecular weight excluding hydrogens is 450 g/mol. The van der Waals surface area contributed by atoms with Gasteiger partial charge in [-0.05, 0) is 50.8 Å². The first-order valence-electron chi connectivity index (χ1n) is 10.8. The van der Waals surface area contributed by atoms with E-state index in [-0.39, 0.29) is 29.7 Å². The Kier molecular flexibility index (Phi) is 5.82. The summed E-state index contributed by atoms with van der Waals surface area (Å²) in [6.45, 7) is 9.54. The van der Waals surface area contributed by atoms with Crippen molar-refractivity contribution in [3.63, 3.8) is 0 Å². The molecular formula is C23H30ClN3O4S. The van der Waals surface area contributed by atoms with Gasteiger partial charge in [-0.15, -0.1) is 0 Å². The molecule has 2 aliphatic heterocycles. The van der Waals surface area contributed by atoms with Gasteiger partial charge in [-0.25, -0.2) is 18.2 Å². The number of hydrogen-bond donors (Lipinski definition) is 0. The lowest BCUT2D eigenvalue weighted by molar-refractivity contribution is 0.00830. The summed E-state index contributed by atoms with van der Waals surface area (Å²) in [4.78, 5) is 20.6. The minimum Gasteiger partial charge on any atom is -0.444 e. The molecule has 0 radical (unpaired) electrons. The van der Waals surface area contributed by atoms with Gasteiger partial charge in [0.15, 0.2) is 0 Å². The van der Waals surface area contributed by atoms with E-state index >= 15 is 0 Å². The summed E-state index contributed by atoms with van der Waals surface area (Å²) in [7, 11) is -3.01. The average Bonchev–Trinajstić information content (AvgIpc) is 2.61. The summed E-state index contributed by atoms with van der Waals surface area (Å²) in [5, 5.41) is 2.44. The number of carbonyl (C=O) groups is 1. The molecule has 0 spiro atoms. The molecule has 4 rings (SSSR count). The van der Waals surface area contributed by atoms with Gasteiger partial charge >= 0.3 is 6.09 Å². The number of benzene rings is 1. The molecule has 174 valence electrons. The highest BCUT2D eigenvalue weighted by atomic mass is 35.5. The first-order chi connectivity index (χ1) is 14.8. The van der Waals surface area contributed by atoms with Gasteiger partial charge in [0.25, 0.3) is 0 Å². The third kappa shape index (κ3) is 4.66. The van der Waals surface area contributed by atoms with Crippen molar-refractivity contribution in [2.75, 3.05) is 36.5 Å². The van der Waals surface area contributed by atoms with Gasteiger partial charge in [-0.3, -0.25) is 0 Å². The van der Waals surface area contributed by atoms with Crippen LogP contribution in [-0.2, 0) is 14.6 Å². The van der Waals surface area contributed by atoms with Crippen LogP contribution < -0.4 is 4.90 Å². The van der Waals surface area contributed by atoms with E-state index < -0.39 is 15.4 Å². The van der Waals surface area contributed by atoms with Crippen molar-refractivity contribution in [1.82, 2.24) is 9.88 Å². The van der Waals surface area contributed by atoms with Crippen LogP contribution in [0, 0.1) is 5.92 Å². The molecule has 1 aromatic heterocycles. The van der Waals surface area contributed by atoms with E-state index in [4.69, 9.17) is 16.3 Å².